The van der Waals surface area contributed by atoms with Gasteiger partial charge in [0.15, 0.2) is 0 Å². The highest BCUT2D eigenvalue weighted by molar-refractivity contribution is 7.13. The van der Waals surface area contributed by atoms with E-state index in [1.165, 1.54) is 5.56 Å². The molecule has 2 nitrogen and oxygen atoms in total. The van der Waals surface area contributed by atoms with Crippen molar-refractivity contribution in [3.05, 3.63) is 34.1 Å². The Morgan fingerprint density at radius 2 is 2.20 bits per heavy atom. The zero-order valence-electron chi connectivity index (χ0n) is 9.12. The Balaban J connectivity index is 2.49. The van der Waals surface area contributed by atoms with Gasteiger partial charge in [-0.1, -0.05) is 30.9 Å². The van der Waals surface area contributed by atoms with Crippen LogP contribution in [0, 0.1) is 6.92 Å². The van der Waals surface area contributed by atoms with E-state index in [0.29, 0.717) is 0 Å². The Morgan fingerprint density at radius 3 is 2.93 bits per heavy atom. The summed E-state index contributed by atoms with van der Waals surface area (Å²) in [6.45, 7) is 5.05. The van der Waals surface area contributed by atoms with E-state index in [4.69, 9.17) is 0 Å². The van der Waals surface area contributed by atoms with Gasteiger partial charge in [0.05, 0.1) is 10.1 Å². The first kappa shape index (κ1) is 10.4. The lowest BCUT2D eigenvalue weighted by Crippen LogP contribution is -2.12. The molecule has 1 aromatic carbocycles. The third kappa shape index (κ3) is 1.97. The standard InChI is InChI=1S/C12H15NOS/c1-3-4-7-13-12(14)10-6-5-9(2)8-11(10)15-13/h5-6,8H,3-4,7H2,1-2H3. The molecular weight excluding hydrogens is 206 g/mol. The molecule has 0 unspecified atom stereocenters. The largest absolute Gasteiger partial charge is 0.268 e. The number of benzene rings is 1. The SMILES string of the molecule is CCCCn1sc2cc(C)ccc2c1=O. The van der Waals surface area contributed by atoms with E-state index >= 15 is 0 Å². The minimum absolute atomic E-state index is 0.170. The van der Waals surface area contributed by atoms with Crippen LogP contribution in [0.4, 0.5) is 0 Å². The first-order chi connectivity index (χ1) is 7.22. The number of aryl methyl sites for hydroxylation is 2. The maximum absolute atomic E-state index is 11.9. The smallest absolute Gasteiger partial charge is 0.268 e. The molecule has 1 aromatic heterocycles. The zero-order valence-corrected chi connectivity index (χ0v) is 9.93. The predicted molar refractivity (Wildman–Crippen MR) is 65.7 cm³/mol. The summed E-state index contributed by atoms with van der Waals surface area (Å²) in [7, 11) is 0. The van der Waals surface area contributed by atoms with Crippen LogP contribution in [0.1, 0.15) is 25.3 Å². The summed E-state index contributed by atoms with van der Waals surface area (Å²) in [6.07, 6.45) is 2.20. The fourth-order valence-corrected chi connectivity index (χ4v) is 2.76. The molecule has 80 valence electrons. The first-order valence-electron chi connectivity index (χ1n) is 5.33. The van der Waals surface area contributed by atoms with Crippen molar-refractivity contribution >= 4 is 21.6 Å². The molecule has 2 rings (SSSR count). The molecule has 0 bridgehead atoms. The highest BCUT2D eigenvalue weighted by atomic mass is 32.1. The predicted octanol–water partition coefficient (Wildman–Crippen LogP) is 3.17. The number of hydrogen-bond acceptors (Lipinski definition) is 2. The van der Waals surface area contributed by atoms with Crippen LogP contribution in [-0.2, 0) is 6.54 Å². The fourth-order valence-electron chi connectivity index (χ4n) is 1.63. The van der Waals surface area contributed by atoms with Crippen molar-refractivity contribution in [1.82, 2.24) is 3.96 Å². The highest BCUT2D eigenvalue weighted by Crippen LogP contribution is 2.18. The molecule has 0 aliphatic carbocycles. The lowest BCUT2D eigenvalue weighted by molar-refractivity contribution is 0.660. The van der Waals surface area contributed by atoms with Crippen LogP contribution in [0.15, 0.2) is 23.0 Å². The van der Waals surface area contributed by atoms with E-state index < -0.39 is 0 Å². The Morgan fingerprint density at radius 1 is 1.40 bits per heavy atom. The molecule has 3 heteroatoms. The molecule has 0 N–H and O–H groups in total. The highest BCUT2D eigenvalue weighted by Gasteiger charge is 2.06. The fraction of sp³-hybridized carbons (Fsp3) is 0.417. The molecule has 0 saturated carbocycles. The Bertz CT molecular complexity index is 524. The van der Waals surface area contributed by atoms with Crippen LogP contribution in [-0.4, -0.2) is 3.96 Å². The van der Waals surface area contributed by atoms with Gasteiger partial charge in [-0.25, -0.2) is 0 Å². The molecular formula is C12H15NOS. The van der Waals surface area contributed by atoms with Crippen molar-refractivity contribution < 1.29 is 0 Å². The molecule has 0 spiro atoms. The van der Waals surface area contributed by atoms with E-state index in [2.05, 4.69) is 19.9 Å². The second kappa shape index (κ2) is 4.19. The summed E-state index contributed by atoms with van der Waals surface area (Å²) >= 11 is 1.58. The maximum Gasteiger partial charge on any atom is 0.268 e. The molecule has 0 radical (unpaired) electrons. The quantitative estimate of drug-likeness (QED) is 0.780. The topological polar surface area (TPSA) is 22.0 Å². The Hall–Kier alpha value is -1.09. The summed E-state index contributed by atoms with van der Waals surface area (Å²) in [6, 6.07) is 6.02. The van der Waals surface area contributed by atoms with Gasteiger partial charge in [-0.3, -0.25) is 8.75 Å². The molecule has 1 heterocycles. The second-order valence-electron chi connectivity index (χ2n) is 3.85. The number of nitrogens with zero attached hydrogens (tertiary/aromatic N) is 1. The summed E-state index contributed by atoms with van der Waals surface area (Å²) in [4.78, 5) is 11.9. The Labute approximate surface area is 93.3 Å². The molecule has 0 fully saturated rings. The zero-order chi connectivity index (χ0) is 10.8. The summed E-state index contributed by atoms with van der Waals surface area (Å²) in [5.41, 5.74) is 1.38. The third-order valence-electron chi connectivity index (χ3n) is 2.52. The summed E-state index contributed by atoms with van der Waals surface area (Å²) < 4.78 is 2.98. The lowest BCUT2D eigenvalue weighted by Gasteiger charge is -1.95. The number of hydrogen-bond donors (Lipinski definition) is 0. The van der Waals surface area contributed by atoms with Crippen molar-refractivity contribution in [3.8, 4) is 0 Å². The van der Waals surface area contributed by atoms with Gasteiger partial charge in [-0.15, -0.1) is 0 Å². The molecule has 0 aliphatic rings. The van der Waals surface area contributed by atoms with Gasteiger partial charge in [0.1, 0.15) is 0 Å². The van der Waals surface area contributed by atoms with Crippen molar-refractivity contribution in [3.63, 3.8) is 0 Å². The third-order valence-corrected chi connectivity index (χ3v) is 3.62. The van der Waals surface area contributed by atoms with Crippen molar-refractivity contribution in [1.29, 1.82) is 0 Å². The van der Waals surface area contributed by atoms with E-state index in [0.717, 1.165) is 29.5 Å². The lowest BCUT2D eigenvalue weighted by atomic mass is 10.2. The summed E-state index contributed by atoms with van der Waals surface area (Å²) in [5.74, 6) is 0. The number of fused-ring (bicyclic) bond motifs is 1. The van der Waals surface area contributed by atoms with Gasteiger partial charge < -0.3 is 0 Å². The van der Waals surface area contributed by atoms with Crippen molar-refractivity contribution in [2.75, 3.05) is 0 Å². The van der Waals surface area contributed by atoms with Crippen molar-refractivity contribution in [2.24, 2.45) is 0 Å². The molecule has 15 heavy (non-hydrogen) atoms. The van der Waals surface area contributed by atoms with Crippen molar-refractivity contribution in [2.45, 2.75) is 33.2 Å². The van der Waals surface area contributed by atoms with Gasteiger partial charge in [0, 0.05) is 6.54 Å². The molecule has 0 aliphatic heterocycles. The van der Waals surface area contributed by atoms with E-state index in [9.17, 15) is 4.79 Å². The van der Waals surface area contributed by atoms with Crippen LogP contribution in [0.5, 0.6) is 0 Å². The molecule has 0 atom stereocenters. The number of rotatable bonds is 3. The van der Waals surface area contributed by atoms with E-state index in [-0.39, 0.29) is 5.56 Å². The van der Waals surface area contributed by atoms with Gasteiger partial charge in [-0.2, -0.15) is 0 Å². The van der Waals surface area contributed by atoms with Gasteiger partial charge in [-0.05, 0) is 31.0 Å². The van der Waals surface area contributed by atoms with Gasteiger partial charge in [0.2, 0.25) is 0 Å². The van der Waals surface area contributed by atoms with Crippen LogP contribution < -0.4 is 5.56 Å². The van der Waals surface area contributed by atoms with Gasteiger partial charge >= 0.3 is 0 Å². The minimum Gasteiger partial charge on any atom is -0.268 e. The minimum atomic E-state index is 0.170. The van der Waals surface area contributed by atoms with E-state index in [1.807, 2.05) is 16.1 Å². The Kier molecular flexibility index (Phi) is 2.91. The van der Waals surface area contributed by atoms with Gasteiger partial charge in [0.25, 0.3) is 5.56 Å². The average molecular weight is 221 g/mol. The molecule has 0 amide bonds. The van der Waals surface area contributed by atoms with Crippen LogP contribution >= 0.6 is 11.5 Å². The molecule has 0 saturated heterocycles. The summed E-state index contributed by atoms with van der Waals surface area (Å²) in [5, 5.41) is 0.863. The maximum atomic E-state index is 11.9. The normalized spacial score (nSPS) is 11.1. The monoisotopic (exact) mass is 221 g/mol. The van der Waals surface area contributed by atoms with Crippen LogP contribution in [0.25, 0.3) is 10.1 Å². The first-order valence-corrected chi connectivity index (χ1v) is 6.10. The van der Waals surface area contributed by atoms with Crippen LogP contribution in [0.3, 0.4) is 0 Å². The average Bonchev–Trinajstić information content (AvgIpc) is 2.52. The molecule has 2 aromatic rings. The second-order valence-corrected chi connectivity index (χ2v) is 4.91. The number of unbranched alkanes of at least 4 members (excludes halogenated alkanes) is 1. The number of aromatic nitrogens is 1. The van der Waals surface area contributed by atoms with E-state index in [1.54, 1.807) is 11.5 Å². The van der Waals surface area contributed by atoms with Crippen LogP contribution in [0.2, 0.25) is 0 Å².